The van der Waals surface area contributed by atoms with Crippen molar-refractivity contribution in [1.82, 2.24) is 5.32 Å². The summed E-state index contributed by atoms with van der Waals surface area (Å²) < 4.78 is 37.6. The molecule has 0 saturated carbocycles. The molecular weight excluding hydrogens is 652 g/mol. The topological polar surface area (TPSA) is 147 Å². The first-order valence-electron chi connectivity index (χ1n) is 14.5. The van der Waals surface area contributed by atoms with E-state index in [1.807, 2.05) is 30.3 Å². The predicted octanol–water partition coefficient (Wildman–Crippen LogP) is 6.35. The predicted molar refractivity (Wildman–Crippen MR) is 185 cm³/mol. The van der Waals surface area contributed by atoms with E-state index >= 15 is 0 Å². The molecule has 0 heterocycles. The molecule has 0 saturated heterocycles. The molecule has 5 aromatic carbocycles. The smallest absolute Gasteiger partial charge is 0.272 e. The van der Waals surface area contributed by atoms with Crippen LogP contribution in [0, 0.1) is 5.82 Å². The van der Waals surface area contributed by atoms with Crippen LogP contribution < -0.4 is 21.1 Å². The second-order valence-electron chi connectivity index (χ2n) is 10.3. The Bertz CT molecular complexity index is 2060. The highest BCUT2D eigenvalue weighted by Crippen LogP contribution is 2.37. The number of sulfonamides is 1. The fourth-order valence-electron chi connectivity index (χ4n) is 4.48. The quantitative estimate of drug-likeness (QED) is 0.0944. The summed E-state index contributed by atoms with van der Waals surface area (Å²) >= 11 is 1.27. The molecule has 5 rings (SSSR count). The van der Waals surface area contributed by atoms with E-state index in [0.29, 0.717) is 21.8 Å². The SMILES string of the molecule is NS(=O)(=O)c1ccc(NC(=O)C(Sc2ccc(NC(=O)/C(=C/c3ccccc3F)NC(=O)c3ccccc3)cc2)c2ccccc2)cc1. The number of anilines is 2. The number of halogens is 1. The maximum absolute atomic E-state index is 14.5. The van der Waals surface area contributed by atoms with Crippen LogP contribution in [0.1, 0.15) is 26.7 Å². The largest absolute Gasteiger partial charge is 0.325 e. The first kappa shape index (κ1) is 33.8. The number of carbonyl (C=O) groups excluding carboxylic acids is 3. The summed E-state index contributed by atoms with van der Waals surface area (Å²) in [7, 11) is -3.88. The maximum atomic E-state index is 14.5. The van der Waals surface area contributed by atoms with Gasteiger partial charge in [0, 0.05) is 27.4 Å². The third-order valence-electron chi connectivity index (χ3n) is 6.89. The molecule has 48 heavy (non-hydrogen) atoms. The van der Waals surface area contributed by atoms with E-state index < -0.39 is 32.9 Å². The number of rotatable bonds is 11. The van der Waals surface area contributed by atoms with Gasteiger partial charge in [-0.25, -0.2) is 17.9 Å². The van der Waals surface area contributed by atoms with Crippen LogP contribution in [0.2, 0.25) is 0 Å². The van der Waals surface area contributed by atoms with E-state index in [1.165, 1.54) is 60.3 Å². The van der Waals surface area contributed by atoms with Crippen LogP contribution in [-0.2, 0) is 19.6 Å². The van der Waals surface area contributed by atoms with Crippen molar-refractivity contribution in [3.8, 4) is 0 Å². The fraction of sp³-hybridized carbons (Fsp3) is 0.0278. The summed E-state index contributed by atoms with van der Waals surface area (Å²) in [5.74, 6) is -2.11. The first-order valence-corrected chi connectivity index (χ1v) is 16.9. The van der Waals surface area contributed by atoms with Gasteiger partial charge >= 0.3 is 0 Å². The third kappa shape index (κ3) is 9.04. The van der Waals surface area contributed by atoms with Gasteiger partial charge in [-0.1, -0.05) is 66.7 Å². The Morgan fingerprint density at radius 3 is 1.90 bits per heavy atom. The van der Waals surface area contributed by atoms with E-state index in [9.17, 15) is 27.2 Å². The van der Waals surface area contributed by atoms with Gasteiger partial charge in [-0.2, -0.15) is 0 Å². The van der Waals surface area contributed by atoms with Crippen LogP contribution in [0.5, 0.6) is 0 Å². The van der Waals surface area contributed by atoms with Gasteiger partial charge in [-0.05, 0) is 78.4 Å². The summed E-state index contributed by atoms with van der Waals surface area (Å²) in [6.45, 7) is 0. The zero-order valence-electron chi connectivity index (χ0n) is 25.2. The lowest BCUT2D eigenvalue weighted by Gasteiger charge is -2.18. The minimum absolute atomic E-state index is 0.0740. The normalized spacial score (nSPS) is 12.1. The van der Waals surface area contributed by atoms with Crippen LogP contribution >= 0.6 is 11.8 Å². The molecule has 3 amide bonds. The second-order valence-corrected chi connectivity index (χ2v) is 13.1. The van der Waals surface area contributed by atoms with Crippen LogP contribution in [0.25, 0.3) is 6.08 Å². The summed E-state index contributed by atoms with van der Waals surface area (Å²) in [6.07, 6.45) is 1.27. The molecule has 5 aromatic rings. The third-order valence-corrected chi connectivity index (χ3v) is 9.09. The lowest BCUT2D eigenvalue weighted by molar-refractivity contribution is -0.116. The van der Waals surface area contributed by atoms with Crippen LogP contribution in [0.4, 0.5) is 15.8 Å². The van der Waals surface area contributed by atoms with Crippen molar-refractivity contribution in [2.75, 3.05) is 10.6 Å². The zero-order chi connectivity index (χ0) is 34.1. The second kappa shape index (κ2) is 15.4. The lowest BCUT2D eigenvalue weighted by atomic mass is 10.1. The van der Waals surface area contributed by atoms with Gasteiger partial charge < -0.3 is 16.0 Å². The lowest BCUT2D eigenvalue weighted by Crippen LogP contribution is -2.30. The molecule has 0 bridgehead atoms. The molecule has 0 fully saturated rings. The minimum Gasteiger partial charge on any atom is -0.325 e. The molecule has 0 aliphatic carbocycles. The van der Waals surface area contributed by atoms with Crippen LogP contribution in [-0.4, -0.2) is 26.1 Å². The van der Waals surface area contributed by atoms with Crippen molar-refractivity contribution in [3.63, 3.8) is 0 Å². The molecule has 0 radical (unpaired) electrons. The van der Waals surface area contributed by atoms with Crippen molar-refractivity contribution in [2.24, 2.45) is 5.14 Å². The number of carbonyl (C=O) groups is 3. The average Bonchev–Trinajstić information content (AvgIpc) is 3.09. The van der Waals surface area contributed by atoms with Gasteiger partial charge in [-0.3, -0.25) is 14.4 Å². The van der Waals surface area contributed by atoms with E-state index in [2.05, 4.69) is 16.0 Å². The standard InChI is InChI=1S/C36H29FN4O5S2/c37-31-14-8-7-13-26(31)23-32(41-34(42)25-11-5-2-6-12-25)35(43)39-27-15-19-29(20-16-27)47-33(24-9-3-1-4-10-24)36(44)40-28-17-21-30(22-18-28)48(38,45)46/h1-23,33H,(H,39,43)(H,40,44)(H,41,42)(H2,38,45,46)/b32-23-. The molecule has 0 aliphatic heterocycles. The van der Waals surface area contributed by atoms with E-state index in [1.54, 1.807) is 60.7 Å². The maximum Gasteiger partial charge on any atom is 0.272 e. The van der Waals surface area contributed by atoms with Gasteiger partial charge in [0.1, 0.15) is 16.8 Å². The molecular formula is C36H29FN4O5S2. The molecule has 0 spiro atoms. The number of thioether (sulfide) groups is 1. The molecule has 1 unspecified atom stereocenters. The van der Waals surface area contributed by atoms with E-state index in [0.717, 1.165) is 5.56 Å². The Balaban J connectivity index is 1.32. The van der Waals surface area contributed by atoms with Crippen LogP contribution in [0.3, 0.4) is 0 Å². The van der Waals surface area contributed by atoms with Crippen molar-refractivity contribution in [1.29, 1.82) is 0 Å². The molecule has 0 aliphatic rings. The number of nitrogens with one attached hydrogen (secondary N) is 3. The zero-order valence-corrected chi connectivity index (χ0v) is 26.8. The first-order chi connectivity index (χ1) is 23.1. The number of hydrogen-bond donors (Lipinski definition) is 4. The number of hydrogen-bond acceptors (Lipinski definition) is 6. The fourth-order valence-corrected chi connectivity index (χ4v) is 6.02. The van der Waals surface area contributed by atoms with E-state index in [-0.39, 0.29) is 22.1 Å². The van der Waals surface area contributed by atoms with Gasteiger partial charge in [-0.15, -0.1) is 11.8 Å². The summed E-state index contributed by atoms with van der Waals surface area (Å²) in [4.78, 5) is 40.3. The Labute approximate surface area is 281 Å². The van der Waals surface area contributed by atoms with Crippen molar-refractivity contribution in [3.05, 3.63) is 162 Å². The van der Waals surface area contributed by atoms with E-state index in [4.69, 9.17) is 5.14 Å². The Kier molecular flexibility index (Phi) is 10.8. The Hall–Kier alpha value is -5.56. The highest BCUT2D eigenvalue weighted by atomic mass is 32.2. The van der Waals surface area contributed by atoms with Crippen molar-refractivity contribution >= 4 is 57.0 Å². The van der Waals surface area contributed by atoms with Gasteiger partial charge in [0.25, 0.3) is 11.8 Å². The molecule has 9 nitrogen and oxygen atoms in total. The van der Waals surface area contributed by atoms with Gasteiger partial charge in [0.05, 0.1) is 4.90 Å². The summed E-state index contributed by atoms with van der Waals surface area (Å²) in [6, 6.07) is 35.6. The number of amides is 3. The molecule has 12 heteroatoms. The molecule has 242 valence electrons. The van der Waals surface area contributed by atoms with Crippen molar-refractivity contribution < 1.29 is 27.2 Å². The number of benzene rings is 5. The van der Waals surface area contributed by atoms with Gasteiger partial charge in [0.15, 0.2) is 0 Å². The summed E-state index contributed by atoms with van der Waals surface area (Å²) in [5.41, 5.74) is 1.80. The average molecular weight is 681 g/mol. The highest BCUT2D eigenvalue weighted by molar-refractivity contribution is 8.00. The molecule has 5 N–H and O–H groups in total. The van der Waals surface area contributed by atoms with Crippen LogP contribution in [0.15, 0.2) is 149 Å². The number of nitrogens with two attached hydrogens (primary N) is 1. The molecule has 1 atom stereocenters. The highest BCUT2D eigenvalue weighted by Gasteiger charge is 2.23. The minimum atomic E-state index is -3.88. The van der Waals surface area contributed by atoms with Crippen molar-refractivity contribution in [2.45, 2.75) is 15.0 Å². The monoisotopic (exact) mass is 680 g/mol. The summed E-state index contributed by atoms with van der Waals surface area (Å²) in [5, 5.41) is 12.6. The number of primary sulfonamides is 1. The van der Waals surface area contributed by atoms with Gasteiger partial charge in [0.2, 0.25) is 15.9 Å². The molecule has 0 aromatic heterocycles. The Morgan fingerprint density at radius 2 is 1.27 bits per heavy atom. The Morgan fingerprint density at radius 1 is 0.708 bits per heavy atom.